The van der Waals surface area contributed by atoms with Gasteiger partial charge in [-0.2, -0.15) is 8.42 Å². The van der Waals surface area contributed by atoms with Crippen LogP contribution in [0.1, 0.15) is 92.4 Å². The van der Waals surface area contributed by atoms with Crippen molar-refractivity contribution in [2.75, 3.05) is 20.3 Å². The van der Waals surface area contributed by atoms with Crippen molar-refractivity contribution in [1.29, 1.82) is 0 Å². The molecule has 49 heavy (non-hydrogen) atoms. The molecule has 5 rings (SSSR count). The molecule has 0 aromatic rings. The summed E-state index contributed by atoms with van der Waals surface area (Å²) in [5.41, 5.74) is -2.24. The van der Waals surface area contributed by atoms with Gasteiger partial charge in [0.2, 0.25) is 0 Å². The van der Waals surface area contributed by atoms with E-state index in [0.29, 0.717) is 25.7 Å². The molecule has 1 heterocycles. The van der Waals surface area contributed by atoms with Gasteiger partial charge in [-0.1, -0.05) is 41.0 Å². The smallest absolute Gasteiger partial charge is 0.393 e. The number of rotatable bonds is 13. The van der Waals surface area contributed by atoms with Crippen LogP contribution in [-0.4, -0.2) is 119 Å². The van der Waals surface area contributed by atoms with Gasteiger partial charge < -0.3 is 44.8 Å². The van der Waals surface area contributed by atoms with E-state index in [1.54, 1.807) is 0 Å². The molecule has 0 bridgehead atoms. The minimum atomic E-state index is -4.87. The second kappa shape index (κ2) is 14.7. The SMILES string of the molecule is COCC1OC(OCC[C@@H](CC[C@@H](C)[C@H]2[C@@H](O)C(O)C3[C@]4(O)C[C@H](O)C5C[C@@H](O)CC[C@]5(C)C4CC[C@@]32C)C(C)C)C(OS(=O)(=O)O)C1O. The summed E-state index contributed by atoms with van der Waals surface area (Å²) in [5, 5.41) is 68.2. The lowest BCUT2D eigenvalue weighted by molar-refractivity contribution is -0.264. The third-order valence-electron chi connectivity index (χ3n) is 14.0. The van der Waals surface area contributed by atoms with Crippen LogP contribution in [0, 0.1) is 52.3 Å². The Bertz CT molecular complexity index is 1240. The van der Waals surface area contributed by atoms with Crippen LogP contribution in [0.5, 0.6) is 0 Å². The number of methoxy groups -OCH3 is 1. The summed E-state index contributed by atoms with van der Waals surface area (Å²) < 4.78 is 53.3. The van der Waals surface area contributed by atoms with E-state index in [4.69, 9.17) is 14.2 Å². The summed E-state index contributed by atoms with van der Waals surface area (Å²) in [7, 11) is -3.46. The Kier molecular flexibility index (Phi) is 11.9. The fourth-order valence-corrected chi connectivity index (χ4v) is 12.2. The molecular weight excluding hydrogens is 660 g/mol. The zero-order valence-electron chi connectivity index (χ0n) is 29.9. The van der Waals surface area contributed by atoms with Crippen molar-refractivity contribution >= 4 is 10.4 Å². The lowest BCUT2D eigenvalue weighted by Gasteiger charge is -2.65. The van der Waals surface area contributed by atoms with Gasteiger partial charge in [-0.25, -0.2) is 4.18 Å². The normalized spacial score (nSPS) is 48.2. The molecule has 286 valence electrons. The average Bonchev–Trinajstić information content (AvgIpc) is 3.38. The molecule has 7 N–H and O–H groups in total. The monoisotopic (exact) mass is 722 g/mol. The first kappa shape index (κ1) is 39.7. The molecule has 0 radical (unpaired) electrons. The molecule has 13 nitrogen and oxygen atoms in total. The third kappa shape index (κ3) is 7.37. The zero-order chi connectivity index (χ0) is 36.3. The van der Waals surface area contributed by atoms with Gasteiger partial charge >= 0.3 is 10.4 Å². The average molecular weight is 723 g/mol. The highest BCUT2D eigenvalue weighted by atomic mass is 32.3. The van der Waals surface area contributed by atoms with Crippen LogP contribution in [0.25, 0.3) is 0 Å². The first-order valence-corrected chi connectivity index (χ1v) is 19.7. The van der Waals surface area contributed by atoms with Gasteiger partial charge in [0.15, 0.2) is 12.4 Å². The second-order valence-corrected chi connectivity index (χ2v) is 18.1. The summed E-state index contributed by atoms with van der Waals surface area (Å²) in [6.45, 7) is 10.7. The Morgan fingerprint density at radius 3 is 2.22 bits per heavy atom. The van der Waals surface area contributed by atoms with Crippen molar-refractivity contribution in [1.82, 2.24) is 0 Å². The Balaban J connectivity index is 1.24. The molecule has 14 heteroatoms. The molecule has 0 aromatic carbocycles. The molecule has 5 aliphatic rings. The maximum atomic E-state index is 12.6. The van der Waals surface area contributed by atoms with Crippen molar-refractivity contribution < 1.29 is 62.0 Å². The van der Waals surface area contributed by atoms with E-state index in [9.17, 15) is 43.6 Å². The maximum Gasteiger partial charge on any atom is 0.397 e. The van der Waals surface area contributed by atoms with E-state index < -0.39 is 76.4 Å². The zero-order valence-corrected chi connectivity index (χ0v) is 30.7. The largest absolute Gasteiger partial charge is 0.397 e. The summed E-state index contributed by atoms with van der Waals surface area (Å²) in [6.07, 6.45) is -2.74. The summed E-state index contributed by atoms with van der Waals surface area (Å²) in [4.78, 5) is 0. The molecule has 0 aromatic heterocycles. The van der Waals surface area contributed by atoms with Gasteiger partial charge in [0.25, 0.3) is 0 Å². The van der Waals surface area contributed by atoms with E-state index in [-0.39, 0.29) is 60.6 Å². The number of aliphatic hydroxyl groups excluding tert-OH is 5. The molecule has 4 aliphatic carbocycles. The van der Waals surface area contributed by atoms with Gasteiger partial charge in [-0.05, 0) is 91.3 Å². The van der Waals surface area contributed by atoms with E-state index in [1.807, 2.05) is 0 Å². The first-order chi connectivity index (χ1) is 22.8. The van der Waals surface area contributed by atoms with Crippen LogP contribution in [-0.2, 0) is 28.8 Å². The van der Waals surface area contributed by atoms with Crippen LogP contribution in [0.3, 0.4) is 0 Å². The molecule has 0 amide bonds. The summed E-state index contributed by atoms with van der Waals surface area (Å²) in [5.74, 6) is -0.639. The highest BCUT2D eigenvalue weighted by Crippen LogP contribution is 2.69. The van der Waals surface area contributed by atoms with E-state index in [1.165, 1.54) is 7.11 Å². The predicted molar refractivity (Wildman–Crippen MR) is 177 cm³/mol. The van der Waals surface area contributed by atoms with Crippen LogP contribution in [0.15, 0.2) is 0 Å². The molecular formula is C35H62O13S. The van der Waals surface area contributed by atoms with Gasteiger partial charge in [0.1, 0.15) is 12.2 Å². The maximum absolute atomic E-state index is 12.6. The van der Waals surface area contributed by atoms with Crippen molar-refractivity contribution in [2.45, 2.75) is 147 Å². The predicted octanol–water partition coefficient (Wildman–Crippen LogP) is 2.05. The Hall–Kier alpha value is -0.490. The van der Waals surface area contributed by atoms with Crippen LogP contribution >= 0.6 is 0 Å². The Morgan fingerprint density at radius 1 is 0.918 bits per heavy atom. The van der Waals surface area contributed by atoms with E-state index in [0.717, 1.165) is 25.7 Å². The minimum absolute atomic E-state index is 0.0132. The topological polar surface area (TPSA) is 213 Å². The number of aliphatic hydroxyl groups is 6. The molecule has 4 saturated carbocycles. The van der Waals surface area contributed by atoms with Crippen LogP contribution < -0.4 is 0 Å². The fraction of sp³-hybridized carbons (Fsp3) is 1.00. The minimum Gasteiger partial charge on any atom is -0.393 e. The van der Waals surface area contributed by atoms with Crippen molar-refractivity contribution in [3.63, 3.8) is 0 Å². The number of hydrogen-bond acceptors (Lipinski definition) is 12. The van der Waals surface area contributed by atoms with Crippen molar-refractivity contribution in [2.24, 2.45) is 52.3 Å². The van der Waals surface area contributed by atoms with Crippen molar-refractivity contribution in [3.8, 4) is 0 Å². The molecule has 17 atom stereocenters. The van der Waals surface area contributed by atoms with Gasteiger partial charge in [-0.3, -0.25) is 4.55 Å². The van der Waals surface area contributed by atoms with E-state index >= 15 is 0 Å². The lowest BCUT2D eigenvalue weighted by Crippen LogP contribution is -2.68. The highest BCUT2D eigenvalue weighted by molar-refractivity contribution is 7.80. The molecule has 1 aliphatic heterocycles. The van der Waals surface area contributed by atoms with E-state index in [2.05, 4.69) is 38.8 Å². The number of ether oxygens (including phenoxy) is 3. The van der Waals surface area contributed by atoms with Gasteiger partial charge in [-0.15, -0.1) is 0 Å². The molecule has 0 spiro atoms. The summed E-state index contributed by atoms with van der Waals surface area (Å²) in [6, 6.07) is 0. The van der Waals surface area contributed by atoms with Gasteiger partial charge in [0.05, 0.1) is 43.2 Å². The first-order valence-electron chi connectivity index (χ1n) is 18.3. The number of hydrogen-bond donors (Lipinski definition) is 7. The van der Waals surface area contributed by atoms with Crippen LogP contribution in [0.4, 0.5) is 0 Å². The highest BCUT2D eigenvalue weighted by Gasteiger charge is 2.72. The van der Waals surface area contributed by atoms with Gasteiger partial charge in [0, 0.05) is 19.4 Å². The molecule has 8 unspecified atom stereocenters. The molecule has 5 fully saturated rings. The standard InChI is InChI=1S/C35H62O13S/c1-18(2)20(11-14-46-32-30(48-49(42,43)44)27(38)24(47-32)17-45-6)8-7-19(3)26-28(39)29(40)31-34(26,5)13-10-25-33(4)12-9-21(36)15-22(33)23(37)16-35(25,31)41/h18-32,36-41H,7-17H2,1-6H3,(H,42,43,44)/t19-,20-,21+,22?,23+,24?,25?,26+,27?,28-,29?,30?,31?,32?,33+,34-,35+/m1/s1. The fourth-order valence-electron chi connectivity index (χ4n) is 11.7. The molecule has 1 saturated heterocycles. The van der Waals surface area contributed by atoms with Crippen LogP contribution in [0.2, 0.25) is 0 Å². The second-order valence-electron chi connectivity index (χ2n) is 17.1. The Morgan fingerprint density at radius 2 is 1.59 bits per heavy atom. The van der Waals surface area contributed by atoms with Crippen molar-refractivity contribution in [3.05, 3.63) is 0 Å². The Labute approximate surface area is 291 Å². The summed E-state index contributed by atoms with van der Waals surface area (Å²) >= 11 is 0. The quantitative estimate of drug-likeness (QED) is 0.136. The number of fused-ring (bicyclic) bond motifs is 5. The third-order valence-corrected chi connectivity index (χ3v) is 14.5. The lowest BCUT2D eigenvalue weighted by atomic mass is 9.42.